The van der Waals surface area contributed by atoms with Crippen molar-refractivity contribution >= 4 is 17.4 Å². The van der Waals surface area contributed by atoms with E-state index in [0.29, 0.717) is 23.9 Å². The summed E-state index contributed by atoms with van der Waals surface area (Å²) in [4.78, 5) is 22.9. The Kier molecular flexibility index (Phi) is 4.80. The fourth-order valence-corrected chi connectivity index (χ4v) is 3.61. The van der Waals surface area contributed by atoms with E-state index in [1.807, 2.05) is 54.6 Å². The second-order valence-corrected chi connectivity index (χ2v) is 7.30. The predicted molar refractivity (Wildman–Crippen MR) is 116 cm³/mol. The van der Waals surface area contributed by atoms with Crippen molar-refractivity contribution in [1.82, 2.24) is 25.0 Å². The molecule has 0 bridgehead atoms. The molecule has 2 aromatic heterocycles. The molecule has 0 aliphatic heterocycles. The molecule has 31 heavy (non-hydrogen) atoms. The molecule has 0 saturated heterocycles. The maximum Gasteiger partial charge on any atom is 0.223 e. The third-order valence-corrected chi connectivity index (χ3v) is 5.09. The number of anilines is 1. The Morgan fingerprint density at radius 2 is 1.74 bits per heavy atom. The van der Waals surface area contributed by atoms with Crippen molar-refractivity contribution < 1.29 is 4.79 Å². The first-order valence-corrected chi connectivity index (χ1v) is 9.93. The summed E-state index contributed by atoms with van der Waals surface area (Å²) in [5.41, 5.74) is 4.97. The molecule has 0 fully saturated rings. The number of ketones is 1. The highest BCUT2D eigenvalue weighted by molar-refractivity contribution is 6.14. The molecule has 8 nitrogen and oxygen atoms in total. The number of nitrogens with one attached hydrogen (secondary N) is 2. The molecular formula is C23H19N7O. The molecule has 0 saturated carbocycles. The molecule has 0 spiro atoms. The van der Waals surface area contributed by atoms with Crippen LogP contribution in [0.3, 0.4) is 0 Å². The summed E-state index contributed by atoms with van der Waals surface area (Å²) in [6, 6.07) is 17.3. The molecule has 2 aromatic carbocycles. The van der Waals surface area contributed by atoms with Crippen LogP contribution in [-0.4, -0.2) is 36.5 Å². The lowest BCUT2D eigenvalue weighted by Crippen LogP contribution is -2.17. The molecule has 1 aliphatic rings. The zero-order valence-corrected chi connectivity index (χ0v) is 16.6. The van der Waals surface area contributed by atoms with Crippen LogP contribution in [0.15, 0.2) is 67.0 Å². The van der Waals surface area contributed by atoms with Crippen molar-refractivity contribution in [2.24, 2.45) is 0 Å². The molecule has 0 atom stereocenters. The van der Waals surface area contributed by atoms with Crippen molar-refractivity contribution in [1.29, 1.82) is 5.41 Å². The van der Waals surface area contributed by atoms with Crippen molar-refractivity contribution in [2.75, 3.05) is 5.32 Å². The number of rotatable bonds is 4. The molecule has 5 rings (SSSR count). The molecule has 2 N–H and O–H groups in total. The van der Waals surface area contributed by atoms with Crippen molar-refractivity contribution in [3.8, 4) is 16.9 Å². The van der Waals surface area contributed by atoms with E-state index in [-0.39, 0.29) is 18.6 Å². The fourth-order valence-electron chi connectivity index (χ4n) is 3.61. The van der Waals surface area contributed by atoms with Crippen LogP contribution < -0.4 is 5.32 Å². The number of hydrogen-bond donors (Lipinski definition) is 2. The van der Waals surface area contributed by atoms with Crippen molar-refractivity contribution in [3.63, 3.8) is 0 Å². The van der Waals surface area contributed by atoms with Gasteiger partial charge >= 0.3 is 0 Å². The lowest BCUT2D eigenvalue weighted by molar-refractivity contribution is -0.117. The van der Waals surface area contributed by atoms with Gasteiger partial charge in [-0.3, -0.25) is 4.79 Å². The fraction of sp³-hybridized carbons (Fsp3) is 0.130. The highest BCUT2D eigenvalue weighted by atomic mass is 16.1. The first-order valence-electron chi connectivity index (χ1n) is 9.93. The van der Waals surface area contributed by atoms with Crippen molar-refractivity contribution in [2.45, 2.75) is 19.4 Å². The molecule has 0 unspecified atom stereocenters. The van der Waals surface area contributed by atoms with Gasteiger partial charge in [0.05, 0.1) is 24.1 Å². The second-order valence-electron chi connectivity index (χ2n) is 7.30. The van der Waals surface area contributed by atoms with Gasteiger partial charge in [-0.1, -0.05) is 42.5 Å². The molecule has 152 valence electrons. The summed E-state index contributed by atoms with van der Waals surface area (Å²) < 4.78 is 0. The Morgan fingerprint density at radius 1 is 0.968 bits per heavy atom. The van der Waals surface area contributed by atoms with Gasteiger partial charge in [0.25, 0.3) is 0 Å². The SMILES string of the molecule is N=C1CC(=O)Cc2cnc(NCc3cnn(-c4ccccc4)n3)nc2-c2ccccc21. The minimum atomic E-state index is -0.0115. The number of aromatic nitrogens is 5. The first-order chi connectivity index (χ1) is 15.2. The molecular weight excluding hydrogens is 390 g/mol. The number of hydrogen-bond acceptors (Lipinski definition) is 7. The third-order valence-electron chi connectivity index (χ3n) is 5.09. The lowest BCUT2D eigenvalue weighted by Gasteiger charge is -2.17. The van der Waals surface area contributed by atoms with Gasteiger partial charge in [0, 0.05) is 41.4 Å². The average molecular weight is 409 g/mol. The predicted octanol–water partition coefficient (Wildman–Crippen LogP) is 3.22. The van der Waals surface area contributed by atoms with Gasteiger partial charge in [0.2, 0.25) is 5.95 Å². The maximum absolute atomic E-state index is 12.3. The van der Waals surface area contributed by atoms with Gasteiger partial charge in [-0.15, -0.1) is 0 Å². The van der Waals surface area contributed by atoms with Crippen LogP contribution in [0.5, 0.6) is 0 Å². The monoisotopic (exact) mass is 409 g/mol. The van der Waals surface area contributed by atoms with Crippen LogP contribution in [0, 0.1) is 5.41 Å². The Labute approximate surface area is 178 Å². The minimum absolute atomic E-state index is 0.0115. The van der Waals surface area contributed by atoms with Gasteiger partial charge in [-0.05, 0) is 12.1 Å². The number of nitrogens with zero attached hydrogens (tertiary/aromatic N) is 5. The molecule has 8 heteroatoms. The standard InChI is InChI=1S/C23H19N7O/c24-21-11-18(31)10-15-12-25-23(28-22(15)20-9-5-4-8-19(20)21)26-13-16-14-27-30(29-16)17-6-2-1-3-7-17/h1-9,12,14,24H,10-11,13H2,(H,25,26,28). The Balaban J connectivity index is 1.42. The Hall–Kier alpha value is -4.20. The lowest BCUT2D eigenvalue weighted by atomic mass is 9.90. The third kappa shape index (κ3) is 3.83. The van der Waals surface area contributed by atoms with Crippen LogP contribution in [-0.2, 0) is 17.8 Å². The van der Waals surface area contributed by atoms with E-state index in [1.54, 1.807) is 17.2 Å². The number of benzene rings is 2. The molecule has 0 amide bonds. The van der Waals surface area contributed by atoms with E-state index in [4.69, 9.17) is 5.41 Å². The second kappa shape index (κ2) is 7.91. The van der Waals surface area contributed by atoms with E-state index in [2.05, 4.69) is 25.5 Å². The quantitative estimate of drug-likeness (QED) is 0.536. The van der Waals surface area contributed by atoms with Crippen molar-refractivity contribution in [3.05, 3.63) is 83.8 Å². The van der Waals surface area contributed by atoms with E-state index >= 15 is 0 Å². The van der Waals surface area contributed by atoms with Gasteiger partial charge in [-0.2, -0.15) is 15.0 Å². The van der Waals surface area contributed by atoms with Crippen LogP contribution >= 0.6 is 0 Å². The normalized spacial score (nSPS) is 13.2. The van der Waals surface area contributed by atoms with E-state index < -0.39 is 0 Å². The summed E-state index contributed by atoms with van der Waals surface area (Å²) in [5.74, 6) is 0.421. The Bertz CT molecular complexity index is 1280. The average Bonchev–Trinajstić information content (AvgIpc) is 3.27. The highest BCUT2D eigenvalue weighted by Crippen LogP contribution is 2.29. The molecule has 2 heterocycles. The van der Waals surface area contributed by atoms with E-state index in [0.717, 1.165) is 28.1 Å². The molecule has 4 aromatic rings. The van der Waals surface area contributed by atoms with Gasteiger partial charge < -0.3 is 10.7 Å². The Morgan fingerprint density at radius 3 is 2.58 bits per heavy atom. The van der Waals surface area contributed by atoms with Gasteiger partial charge in [0.15, 0.2) is 0 Å². The maximum atomic E-state index is 12.3. The largest absolute Gasteiger partial charge is 0.348 e. The number of Topliss-reactive ketones (excluding diaryl/α,β-unsaturated/α-hetero) is 1. The summed E-state index contributed by atoms with van der Waals surface area (Å²) in [5, 5.41) is 20.3. The summed E-state index contributed by atoms with van der Waals surface area (Å²) in [6.45, 7) is 0.405. The smallest absolute Gasteiger partial charge is 0.223 e. The summed E-state index contributed by atoms with van der Waals surface area (Å²) >= 11 is 0. The van der Waals surface area contributed by atoms with Crippen LogP contribution in [0.2, 0.25) is 0 Å². The van der Waals surface area contributed by atoms with Crippen LogP contribution in [0.1, 0.15) is 23.2 Å². The number of para-hydroxylation sites is 1. The zero-order chi connectivity index (χ0) is 21.2. The number of carbonyl (C=O) groups excluding carboxylic acids is 1. The van der Waals surface area contributed by atoms with E-state index in [1.165, 1.54) is 0 Å². The summed E-state index contributed by atoms with van der Waals surface area (Å²) in [6.07, 6.45) is 3.73. The van der Waals surface area contributed by atoms with Crippen LogP contribution in [0.4, 0.5) is 5.95 Å². The first kappa shape index (κ1) is 18.8. The highest BCUT2D eigenvalue weighted by Gasteiger charge is 2.22. The number of carbonyl (C=O) groups is 1. The zero-order valence-electron chi connectivity index (χ0n) is 16.6. The van der Waals surface area contributed by atoms with E-state index in [9.17, 15) is 4.79 Å². The minimum Gasteiger partial charge on any atom is -0.348 e. The van der Waals surface area contributed by atoms with Crippen LogP contribution in [0.25, 0.3) is 16.9 Å². The summed E-state index contributed by atoms with van der Waals surface area (Å²) in [7, 11) is 0. The van der Waals surface area contributed by atoms with Gasteiger partial charge in [-0.25, -0.2) is 9.97 Å². The topological polar surface area (TPSA) is 109 Å². The van der Waals surface area contributed by atoms with Gasteiger partial charge in [0.1, 0.15) is 11.5 Å². The molecule has 0 radical (unpaired) electrons. The number of fused-ring (bicyclic) bond motifs is 3. The molecule has 1 aliphatic carbocycles.